The number of aromatic nitrogens is 2. The zero-order valence-corrected chi connectivity index (χ0v) is 11.8. The molecule has 5 nitrogen and oxygen atoms in total. The fourth-order valence-corrected chi connectivity index (χ4v) is 3.16. The third kappa shape index (κ3) is 4.51. The molecule has 0 bridgehead atoms. The van der Waals surface area contributed by atoms with Crippen LogP contribution in [0.5, 0.6) is 0 Å². The van der Waals surface area contributed by atoms with Crippen LogP contribution in [0.15, 0.2) is 4.34 Å². The molecule has 0 fully saturated rings. The number of hydrogen-bond donors (Lipinski definition) is 1. The van der Waals surface area contributed by atoms with Crippen molar-refractivity contribution in [3.63, 3.8) is 0 Å². The summed E-state index contributed by atoms with van der Waals surface area (Å²) in [6.07, 6.45) is 2.60. The van der Waals surface area contributed by atoms with Crippen LogP contribution in [0.2, 0.25) is 0 Å². The van der Waals surface area contributed by atoms with Gasteiger partial charge in [0, 0.05) is 14.1 Å². The molecule has 0 aromatic carbocycles. The van der Waals surface area contributed by atoms with Crippen molar-refractivity contribution in [2.24, 2.45) is 0 Å². The molecule has 0 aliphatic heterocycles. The van der Waals surface area contributed by atoms with Crippen molar-refractivity contribution in [3.8, 4) is 0 Å². The lowest BCUT2D eigenvalue weighted by Crippen LogP contribution is -2.15. The number of carbonyl (C=O) groups is 1. The van der Waals surface area contributed by atoms with Gasteiger partial charge in [-0.2, -0.15) is 0 Å². The first-order valence-electron chi connectivity index (χ1n) is 5.45. The Balaban J connectivity index is 2.62. The molecule has 1 rings (SSSR count). The van der Waals surface area contributed by atoms with E-state index < -0.39 is 11.2 Å². The van der Waals surface area contributed by atoms with E-state index in [0.717, 1.165) is 22.3 Å². The standard InChI is InChI=1S/C10H17N3O2S2/c1-4-5-6-7(8(14)15)16-10-12-11-9(17-10)13(2)3/h7H,4-6H2,1-3H3,(H,14,15). The third-order valence-corrected chi connectivity index (χ3v) is 4.55. The van der Waals surface area contributed by atoms with Crippen LogP contribution in [0, 0.1) is 0 Å². The maximum Gasteiger partial charge on any atom is 0.317 e. The van der Waals surface area contributed by atoms with Crippen molar-refractivity contribution in [2.45, 2.75) is 35.8 Å². The van der Waals surface area contributed by atoms with Gasteiger partial charge in [-0.3, -0.25) is 4.79 Å². The molecule has 1 aromatic rings. The normalized spacial score (nSPS) is 12.4. The van der Waals surface area contributed by atoms with Gasteiger partial charge in [-0.15, -0.1) is 10.2 Å². The second kappa shape index (κ2) is 6.80. The van der Waals surface area contributed by atoms with Crippen molar-refractivity contribution in [3.05, 3.63) is 0 Å². The van der Waals surface area contributed by atoms with E-state index in [1.165, 1.54) is 23.1 Å². The summed E-state index contributed by atoms with van der Waals surface area (Å²) in [5, 5.41) is 17.5. The largest absolute Gasteiger partial charge is 0.480 e. The van der Waals surface area contributed by atoms with Gasteiger partial charge in [-0.1, -0.05) is 42.9 Å². The minimum absolute atomic E-state index is 0.419. The summed E-state index contributed by atoms with van der Waals surface area (Å²) in [6, 6.07) is 0. The monoisotopic (exact) mass is 275 g/mol. The van der Waals surface area contributed by atoms with Gasteiger partial charge in [0.15, 0.2) is 4.34 Å². The highest BCUT2D eigenvalue weighted by Crippen LogP contribution is 2.32. The zero-order chi connectivity index (χ0) is 12.8. The van der Waals surface area contributed by atoms with Crippen molar-refractivity contribution >= 4 is 34.2 Å². The maximum atomic E-state index is 11.1. The molecule has 0 amide bonds. The number of nitrogens with zero attached hydrogens (tertiary/aromatic N) is 3. The number of thioether (sulfide) groups is 1. The molecule has 96 valence electrons. The van der Waals surface area contributed by atoms with E-state index >= 15 is 0 Å². The first-order chi connectivity index (χ1) is 8.04. The molecule has 0 saturated heterocycles. The first kappa shape index (κ1) is 14.2. The number of rotatable bonds is 7. The summed E-state index contributed by atoms with van der Waals surface area (Å²) in [5.41, 5.74) is 0. The number of carboxylic acids is 1. The number of hydrogen-bond acceptors (Lipinski definition) is 6. The molecule has 1 atom stereocenters. The predicted molar refractivity (Wildman–Crippen MR) is 71.0 cm³/mol. The molecule has 17 heavy (non-hydrogen) atoms. The average molecular weight is 275 g/mol. The Morgan fingerprint density at radius 3 is 2.71 bits per heavy atom. The van der Waals surface area contributed by atoms with E-state index in [1.54, 1.807) is 0 Å². The highest BCUT2D eigenvalue weighted by molar-refractivity contribution is 8.02. The number of unbranched alkanes of at least 4 members (excludes halogenated alkanes) is 1. The first-order valence-corrected chi connectivity index (χ1v) is 7.14. The molecule has 1 aromatic heterocycles. The van der Waals surface area contributed by atoms with Crippen LogP contribution in [-0.2, 0) is 4.79 Å². The third-order valence-electron chi connectivity index (χ3n) is 2.12. The Morgan fingerprint density at radius 2 is 2.24 bits per heavy atom. The SMILES string of the molecule is CCCCC(Sc1nnc(N(C)C)s1)C(=O)O. The minimum atomic E-state index is -0.773. The summed E-state index contributed by atoms with van der Waals surface area (Å²) in [4.78, 5) is 12.9. The molecular formula is C10H17N3O2S2. The van der Waals surface area contributed by atoms with E-state index in [-0.39, 0.29) is 0 Å². The maximum absolute atomic E-state index is 11.1. The van der Waals surface area contributed by atoms with Gasteiger partial charge >= 0.3 is 5.97 Å². The fourth-order valence-electron chi connectivity index (χ4n) is 1.17. The summed E-state index contributed by atoms with van der Waals surface area (Å²) in [6.45, 7) is 2.05. The summed E-state index contributed by atoms with van der Waals surface area (Å²) >= 11 is 2.72. The second-order valence-corrected chi connectivity index (χ2v) is 6.24. The lowest BCUT2D eigenvalue weighted by atomic mass is 10.2. The molecule has 0 spiro atoms. The van der Waals surface area contributed by atoms with Crippen LogP contribution in [0.25, 0.3) is 0 Å². The summed E-state index contributed by atoms with van der Waals surface area (Å²) < 4.78 is 0.720. The number of aliphatic carboxylic acids is 1. The van der Waals surface area contributed by atoms with Crippen LogP contribution >= 0.6 is 23.1 Å². The molecule has 1 heterocycles. The van der Waals surface area contributed by atoms with Gasteiger partial charge in [0.05, 0.1) is 0 Å². The highest BCUT2D eigenvalue weighted by atomic mass is 32.2. The Hall–Kier alpha value is -0.820. The van der Waals surface area contributed by atoms with Crippen molar-refractivity contribution in [1.82, 2.24) is 10.2 Å². The van der Waals surface area contributed by atoms with Gasteiger partial charge in [-0.25, -0.2) is 0 Å². The van der Waals surface area contributed by atoms with E-state index in [1.807, 2.05) is 19.0 Å². The van der Waals surface area contributed by atoms with Crippen LogP contribution in [-0.4, -0.2) is 40.6 Å². The van der Waals surface area contributed by atoms with Crippen LogP contribution in [0.1, 0.15) is 26.2 Å². The second-order valence-electron chi connectivity index (χ2n) is 3.83. The average Bonchev–Trinajstić information content (AvgIpc) is 2.72. The van der Waals surface area contributed by atoms with Crippen LogP contribution in [0.3, 0.4) is 0 Å². The van der Waals surface area contributed by atoms with Crippen molar-refractivity contribution < 1.29 is 9.90 Å². The fraction of sp³-hybridized carbons (Fsp3) is 0.700. The van der Waals surface area contributed by atoms with E-state index in [0.29, 0.717) is 6.42 Å². The molecular weight excluding hydrogens is 258 g/mol. The Labute approximate surface area is 109 Å². The van der Waals surface area contributed by atoms with Gasteiger partial charge in [0.2, 0.25) is 5.13 Å². The van der Waals surface area contributed by atoms with Crippen LogP contribution < -0.4 is 4.90 Å². The predicted octanol–water partition coefficient (Wildman–Crippen LogP) is 2.34. The number of anilines is 1. The van der Waals surface area contributed by atoms with Gasteiger partial charge in [0.1, 0.15) is 5.25 Å². The lowest BCUT2D eigenvalue weighted by Gasteiger charge is -2.08. The van der Waals surface area contributed by atoms with Gasteiger partial charge in [0.25, 0.3) is 0 Å². The van der Waals surface area contributed by atoms with Gasteiger partial charge in [-0.05, 0) is 6.42 Å². The quantitative estimate of drug-likeness (QED) is 0.770. The molecule has 0 aliphatic carbocycles. The molecule has 0 radical (unpaired) electrons. The minimum Gasteiger partial charge on any atom is -0.480 e. The van der Waals surface area contributed by atoms with Crippen LogP contribution in [0.4, 0.5) is 5.13 Å². The molecule has 0 saturated carbocycles. The topological polar surface area (TPSA) is 66.3 Å². The lowest BCUT2D eigenvalue weighted by molar-refractivity contribution is -0.136. The molecule has 1 N–H and O–H groups in total. The molecule has 1 unspecified atom stereocenters. The van der Waals surface area contributed by atoms with Crippen molar-refractivity contribution in [1.29, 1.82) is 0 Å². The van der Waals surface area contributed by atoms with E-state index in [2.05, 4.69) is 17.1 Å². The van der Waals surface area contributed by atoms with Gasteiger partial charge < -0.3 is 10.0 Å². The Kier molecular flexibility index (Phi) is 5.70. The smallest absolute Gasteiger partial charge is 0.317 e. The zero-order valence-electron chi connectivity index (χ0n) is 10.2. The van der Waals surface area contributed by atoms with E-state index in [9.17, 15) is 4.79 Å². The molecule has 7 heteroatoms. The molecule has 0 aliphatic rings. The highest BCUT2D eigenvalue weighted by Gasteiger charge is 2.20. The summed E-state index contributed by atoms with van der Waals surface area (Å²) in [7, 11) is 3.78. The Morgan fingerprint density at radius 1 is 1.53 bits per heavy atom. The van der Waals surface area contributed by atoms with Crippen molar-refractivity contribution in [2.75, 3.05) is 19.0 Å². The summed E-state index contributed by atoms with van der Waals surface area (Å²) in [5.74, 6) is -0.773. The Bertz CT molecular complexity index is 368. The van der Waals surface area contributed by atoms with E-state index in [4.69, 9.17) is 5.11 Å². The number of carboxylic acid groups (broad SMARTS) is 1.